The number of aryl methyl sites for hydroxylation is 1. The molecule has 1 atom stereocenters. The third-order valence-electron chi connectivity index (χ3n) is 2.64. The second-order valence-corrected chi connectivity index (χ2v) is 6.36. The van der Waals surface area contributed by atoms with Crippen LogP contribution in [0.1, 0.15) is 21.4 Å². The number of thiazole rings is 1. The second-order valence-electron chi connectivity index (χ2n) is 3.95. The Bertz CT molecular complexity index is 480. The fourth-order valence-electron chi connectivity index (χ4n) is 1.74. The topological polar surface area (TPSA) is 12.9 Å². The van der Waals surface area contributed by atoms with Gasteiger partial charge >= 0.3 is 0 Å². The Morgan fingerprint density at radius 2 is 2.06 bits per heavy atom. The Labute approximate surface area is 119 Å². The van der Waals surface area contributed by atoms with Gasteiger partial charge in [-0.2, -0.15) is 0 Å². The number of hydrogen-bond acceptors (Lipinski definition) is 2. The summed E-state index contributed by atoms with van der Waals surface area (Å²) in [6, 6.07) is 8.10. The summed E-state index contributed by atoms with van der Waals surface area (Å²) in [4.78, 5) is 5.63. The van der Waals surface area contributed by atoms with E-state index in [0.29, 0.717) is 5.92 Å². The number of aromatic nitrogens is 1. The highest BCUT2D eigenvalue weighted by Gasteiger charge is 2.12. The fourth-order valence-corrected chi connectivity index (χ4v) is 3.34. The van der Waals surface area contributed by atoms with Crippen molar-refractivity contribution in [2.75, 3.05) is 5.33 Å². The molecule has 17 heavy (non-hydrogen) atoms. The van der Waals surface area contributed by atoms with E-state index in [4.69, 9.17) is 11.6 Å². The van der Waals surface area contributed by atoms with E-state index in [1.807, 2.05) is 25.3 Å². The molecule has 2 aromatic rings. The first-order valence-electron chi connectivity index (χ1n) is 5.42. The number of halogens is 2. The van der Waals surface area contributed by atoms with Gasteiger partial charge in [0, 0.05) is 21.4 Å². The van der Waals surface area contributed by atoms with E-state index in [9.17, 15) is 0 Å². The van der Waals surface area contributed by atoms with Crippen LogP contribution in [-0.2, 0) is 6.42 Å². The second kappa shape index (κ2) is 5.98. The minimum atomic E-state index is 0.479. The molecule has 2 rings (SSSR count). The van der Waals surface area contributed by atoms with Gasteiger partial charge in [0.05, 0.1) is 5.01 Å². The number of hydrogen-bond donors (Lipinski definition) is 0. The lowest BCUT2D eigenvalue weighted by molar-refractivity contribution is 0.784. The molecule has 0 bridgehead atoms. The zero-order chi connectivity index (χ0) is 12.3. The lowest BCUT2D eigenvalue weighted by Crippen LogP contribution is -2.03. The minimum Gasteiger partial charge on any atom is -0.250 e. The molecule has 1 unspecified atom stereocenters. The average Bonchev–Trinajstić information content (AvgIpc) is 2.73. The molecule has 1 aromatic heterocycles. The average molecular weight is 331 g/mol. The summed E-state index contributed by atoms with van der Waals surface area (Å²) in [5.41, 5.74) is 1.32. The van der Waals surface area contributed by atoms with Crippen LogP contribution in [0.15, 0.2) is 30.5 Å². The largest absolute Gasteiger partial charge is 0.250 e. The van der Waals surface area contributed by atoms with Gasteiger partial charge in [-0.25, -0.2) is 4.98 Å². The Hall–Kier alpha value is -0.380. The van der Waals surface area contributed by atoms with Crippen molar-refractivity contribution in [2.24, 2.45) is 0 Å². The van der Waals surface area contributed by atoms with Crippen molar-refractivity contribution in [3.63, 3.8) is 0 Å². The van der Waals surface area contributed by atoms with Crippen molar-refractivity contribution in [1.29, 1.82) is 0 Å². The maximum absolute atomic E-state index is 5.90. The maximum Gasteiger partial charge on any atom is 0.0896 e. The van der Waals surface area contributed by atoms with Crippen LogP contribution in [0.3, 0.4) is 0 Å². The molecule has 0 N–H and O–H groups in total. The third kappa shape index (κ3) is 3.54. The molecule has 90 valence electrons. The van der Waals surface area contributed by atoms with E-state index in [2.05, 4.69) is 33.0 Å². The molecular weight excluding hydrogens is 318 g/mol. The van der Waals surface area contributed by atoms with Gasteiger partial charge in [-0.1, -0.05) is 39.7 Å². The summed E-state index contributed by atoms with van der Waals surface area (Å²) in [6.45, 7) is 2.04. The van der Waals surface area contributed by atoms with E-state index in [1.165, 1.54) is 10.4 Å². The minimum absolute atomic E-state index is 0.479. The van der Waals surface area contributed by atoms with Crippen LogP contribution in [0, 0.1) is 6.92 Å². The Morgan fingerprint density at radius 1 is 1.35 bits per heavy atom. The fraction of sp³-hybridized carbons (Fsp3) is 0.308. The van der Waals surface area contributed by atoms with Gasteiger partial charge in [-0.15, -0.1) is 11.3 Å². The molecule has 0 spiro atoms. The van der Waals surface area contributed by atoms with Crippen molar-refractivity contribution in [2.45, 2.75) is 19.3 Å². The van der Waals surface area contributed by atoms with Gasteiger partial charge in [-0.3, -0.25) is 0 Å². The van der Waals surface area contributed by atoms with E-state index in [0.717, 1.165) is 21.8 Å². The van der Waals surface area contributed by atoms with Crippen LogP contribution >= 0.6 is 38.9 Å². The van der Waals surface area contributed by atoms with Crippen LogP contribution in [0.4, 0.5) is 0 Å². The molecule has 1 nitrogen and oxygen atoms in total. The molecule has 4 heteroatoms. The van der Waals surface area contributed by atoms with Crippen LogP contribution in [0.25, 0.3) is 0 Å². The van der Waals surface area contributed by atoms with Crippen LogP contribution in [0.5, 0.6) is 0 Å². The van der Waals surface area contributed by atoms with E-state index >= 15 is 0 Å². The van der Waals surface area contributed by atoms with Crippen LogP contribution < -0.4 is 0 Å². The molecule has 1 heterocycles. The Kier molecular flexibility index (Phi) is 4.60. The van der Waals surface area contributed by atoms with E-state index in [-0.39, 0.29) is 0 Å². The molecule has 0 saturated carbocycles. The van der Waals surface area contributed by atoms with Crippen molar-refractivity contribution >= 4 is 38.9 Å². The number of rotatable bonds is 4. The number of nitrogens with zero attached hydrogens (tertiary/aromatic N) is 1. The van der Waals surface area contributed by atoms with Crippen molar-refractivity contribution in [1.82, 2.24) is 4.98 Å². The molecule has 0 aliphatic carbocycles. The summed E-state index contributed by atoms with van der Waals surface area (Å²) >= 11 is 11.3. The predicted octanol–water partition coefficient (Wildman–Crippen LogP) is 4.83. The van der Waals surface area contributed by atoms with Crippen molar-refractivity contribution in [3.8, 4) is 0 Å². The van der Waals surface area contributed by atoms with Crippen LogP contribution in [-0.4, -0.2) is 10.3 Å². The molecule has 0 fully saturated rings. The first-order chi connectivity index (χ1) is 8.19. The highest BCUT2D eigenvalue weighted by molar-refractivity contribution is 9.09. The highest BCUT2D eigenvalue weighted by atomic mass is 79.9. The van der Waals surface area contributed by atoms with Gasteiger partial charge < -0.3 is 0 Å². The van der Waals surface area contributed by atoms with Crippen LogP contribution in [0.2, 0.25) is 5.02 Å². The summed E-state index contributed by atoms with van der Waals surface area (Å²) in [6.07, 6.45) is 3.00. The zero-order valence-electron chi connectivity index (χ0n) is 9.49. The van der Waals surface area contributed by atoms with Crippen molar-refractivity contribution in [3.05, 3.63) is 50.9 Å². The predicted molar refractivity (Wildman–Crippen MR) is 78.5 cm³/mol. The number of benzene rings is 1. The van der Waals surface area contributed by atoms with Gasteiger partial charge in [0.1, 0.15) is 0 Å². The third-order valence-corrected chi connectivity index (χ3v) is 4.61. The quantitative estimate of drug-likeness (QED) is 0.732. The molecule has 0 saturated heterocycles. The van der Waals surface area contributed by atoms with Gasteiger partial charge in [-0.05, 0) is 37.0 Å². The molecular formula is C13H13BrClNS. The first-order valence-corrected chi connectivity index (χ1v) is 7.73. The van der Waals surface area contributed by atoms with Gasteiger partial charge in [0.2, 0.25) is 0 Å². The molecule has 0 radical (unpaired) electrons. The normalized spacial score (nSPS) is 12.6. The van der Waals surface area contributed by atoms with Gasteiger partial charge in [0.25, 0.3) is 0 Å². The van der Waals surface area contributed by atoms with E-state index < -0.39 is 0 Å². The Morgan fingerprint density at radius 3 is 2.59 bits per heavy atom. The smallest absolute Gasteiger partial charge is 0.0896 e. The summed E-state index contributed by atoms with van der Waals surface area (Å²) in [5, 5.41) is 2.87. The van der Waals surface area contributed by atoms with Gasteiger partial charge in [0.15, 0.2) is 0 Å². The SMILES string of the molecule is Cc1ncc(CC(CBr)c2ccc(Cl)cc2)s1. The standard InChI is InChI=1S/C13H13BrClNS/c1-9-16-8-13(17-9)6-11(7-14)10-2-4-12(15)5-3-10/h2-5,8,11H,6-7H2,1H3. The Balaban J connectivity index is 2.13. The summed E-state index contributed by atoms with van der Waals surface area (Å²) in [5.74, 6) is 0.479. The lowest BCUT2D eigenvalue weighted by Gasteiger charge is -2.13. The molecule has 1 aromatic carbocycles. The maximum atomic E-state index is 5.90. The number of alkyl halides is 1. The summed E-state index contributed by atoms with van der Waals surface area (Å²) < 4.78 is 0. The molecule has 0 amide bonds. The monoisotopic (exact) mass is 329 g/mol. The van der Waals surface area contributed by atoms with E-state index in [1.54, 1.807) is 11.3 Å². The lowest BCUT2D eigenvalue weighted by atomic mass is 9.97. The van der Waals surface area contributed by atoms with Crippen molar-refractivity contribution < 1.29 is 0 Å². The molecule has 0 aliphatic rings. The first kappa shape index (κ1) is 13.1. The molecule has 0 aliphatic heterocycles. The highest BCUT2D eigenvalue weighted by Crippen LogP contribution is 2.26. The zero-order valence-corrected chi connectivity index (χ0v) is 12.6. The summed E-state index contributed by atoms with van der Waals surface area (Å²) in [7, 11) is 0.